The molecular weight excluding hydrogens is 427 g/mol. The number of nitrogens with zero attached hydrogens (tertiary/aromatic N) is 4. The minimum absolute atomic E-state index is 0.0699. The number of amidine groups is 1. The quantitative estimate of drug-likeness (QED) is 0.528. The highest BCUT2D eigenvalue weighted by Gasteiger charge is 2.32. The topological polar surface area (TPSA) is 42.6 Å². The molecule has 32 heavy (non-hydrogen) atoms. The number of methoxy groups -OCH3 is 1. The van der Waals surface area contributed by atoms with E-state index in [0.717, 1.165) is 39.7 Å². The number of aliphatic imine (C=N–C) groups is 1. The largest absolute Gasteiger partial charge is 0.495 e. The monoisotopic (exact) mass is 448 g/mol. The third kappa shape index (κ3) is 3.82. The summed E-state index contributed by atoms with van der Waals surface area (Å²) < 4.78 is 21.4. The second kappa shape index (κ2) is 8.28. The number of rotatable bonds is 5. The van der Waals surface area contributed by atoms with Crippen LogP contribution in [0.4, 0.5) is 4.39 Å². The first kappa shape index (κ1) is 20.5. The molecule has 1 unspecified atom stereocenters. The van der Waals surface area contributed by atoms with Crippen molar-refractivity contribution >= 4 is 17.4 Å². The lowest BCUT2D eigenvalue weighted by atomic mass is 9.99. The molecule has 0 radical (unpaired) electrons. The highest BCUT2D eigenvalue weighted by atomic mass is 35.5. The van der Waals surface area contributed by atoms with Gasteiger partial charge in [-0.2, -0.15) is 0 Å². The Kier molecular flexibility index (Phi) is 5.31. The summed E-state index contributed by atoms with van der Waals surface area (Å²) in [6.07, 6.45) is 8.21. The van der Waals surface area contributed by atoms with Crippen LogP contribution in [-0.4, -0.2) is 33.9 Å². The van der Waals surface area contributed by atoms with Crippen LogP contribution in [0.3, 0.4) is 0 Å². The molecule has 1 aromatic heterocycles. The minimum Gasteiger partial charge on any atom is -0.495 e. The van der Waals surface area contributed by atoms with Gasteiger partial charge in [-0.3, -0.25) is 4.99 Å². The van der Waals surface area contributed by atoms with Crippen LogP contribution < -0.4 is 4.74 Å². The Morgan fingerprint density at radius 3 is 2.84 bits per heavy atom. The Labute approximate surface area is 191 Å². The summed E-state index contributed by atoms with van der Waals surface area (Å²) in [5.74, 6) is 1.39. The van der Waals surface area contributed by atoms with Crippen LogP contribution in [0.5, 0.6) is 5.75 Å². The summed E-state index contributed by atoms with van der Waals surface area (Å²) in [7, 11) is 1.66. The summed E-state index contributed by atoms with van der Waals surface area (Å²) in [6, 6.07) is 12.7. The first-order valence-corrected chi connectivity index (χ1v) is 10.7. The minimum atomic E-state index is -0.251. The molecule has 0 saturated carbocycles. The molecule has 2 aliphatic rings. The van der Waals surface area contributed by atoms with Crippen LogP contribution in [0.15, 0.2) is 82.9 Å². The van der Waals surface area contributed by atoms with Crippen molar-refractivity contribution in [2.24, 2.45) is 4.99 Å². The molecule has 5 rings (SSSR count). The summed E-state index contributed by atoms with van der Waals surface area (Å²) >= 11 is 6.47. The number of hydrogen-bond donors (Lipinski definition) is 0. The number of fused-ring (bicyclic) bond motifs is 1. The van der Waals surface area contributed by atoms with Gasteiger partial charge in [0.2, 0.25) is 0 Å². The average molecular weight is 449 g/mol. The average Bonchev–Trinajstić information content (AvgIpc) is 3.40. The Bertz CT molecular complexity index is 1280. The Morgan fingerprint density at radius 2 is 2.09 bits per heavy atom. The highest BCUT2D eigenvalue weighted by Crippen LogP contribution is 2.35. The van der Waals surface area contributed by atoms with E-state index in [1.165, 1.54) is 6.07 Å². The van der Waals surface area contributed by atoms with E-state index in [9.17, 15) is 4.39 Å². The summed E-state index contributed by atoms with van der Waals surface area (Å²) in [6.45, 7) is 2.51. The Morgan fingerprint density at radius 1 is 1.22 bits per heavy atom. The van der Waals surface area contributed by atoms with Gasteiger partial charge in [-0.05, 0) is 48.4 Å². The second-order valence-electron chi connectivity index (χ2n) is 7.93. The standard InChI is InChI=1S/C25H22ClFN4O/c1-16-13-30(15-29-16)22-7-6-17(9-24(22)32-2)8-19-10-20(26)14-31-23(12-28-25(19)31)18-4-3-5-21(27)11-18/h3-7,9-11,13-15,23H,8,12H2,1-2H3. The third-order valence-corrected chi connectivity index (χ3v) is 5.92. The zero-order chi connectivity index (χ0) is 22.2. The van der Waals surface area contributed by atoms with E-state index in [-0.39, 0.29) is 11.9 Å². The van der Waals surface area contributed by atoms with Gasteiger partial charge in [-0.1, -0.05) is 29.8 Å². The number of benzene rings is 2. The van der Waals surface area contributed by atoms with Crippen LogP contribution >= 0.6 is 11.6 Å². The predicted octanol–water partition coefficient (Wildman–Crippen LogP) is 5.35. The van der Waals surface area contributed by atoms with Gasteiger partial charge in [-0.15, -0.1) is 0 Å². The number of halogens is 2. The van der Waals surface area contributed by atoms with Gasteiger partial charge in [0.1, 0.15) is 17.4 Å². The van der Waals surface area contributed by atoms with E-state index in [4.69, 9.17) is 21.3 Å². The van der Waals surface area contributed by atoms with Crippen molar-refractivity contribution in [3.63, 3.8) is 0 Å². The highest BCUT2D eigenvalue weighted by molar-refractivity contribution is 6.32. The van der Waals surface area contributed by atoms with E-state index in [2.05, 4.69) is 11.1 Å². The normalized spacial score (nSPS) is 17.6. The van der Waals surface area contributed by atoms with E-state index in [0.29, 0.717) is 18.0 Å². The van der Waals surface area contributed by atoms with Crippen LogP contribution in [0, 0.1) is 12.7 Å². The van der Waals surface area contributed by atoms with Gasteiger partial charge in [0.15, 0.2) is 0 Å². The number of aryl methyl sites for hydroxylation is 1. The number of hydrogen-bond acceptors (Lipinski definition) is 4. The number of ether oxygens (including phenoxy) is 1. The number of allylic oxidation sites excluding steroid dienone is 2. The molecule has 2 aliphatic heterocycles. The molecule has 0 spiro atoms. The summed E-state index contributed by atoms with van der Waals surface area (Å²) in [4.78, 5) is 11.1. The lowest BCUT2D eigenvalue weighted by molar-refractivity contribution is 0.412. The first-order valence-electron chi connectivity index (χ1n) is 10.4. The van der Waals surface area contributed by atoms with Gasteiger partial charge >= 0.3 is 0 Å². The van der Waals surface area contributed by atoms with Crippen molar-refractivity contribution in [1.82, 2.24) is 14.5 Å². The third-order valence-electron chi connectivity index (χ3n) is 5.72. The molecule has 0 fully saturated rings. The molecule has 0 N–H and O–H groups in total. The maximum Gasteiger partial charge on any atom is 0.143 e. The molecule has 3 aromatic rings. The number of imidazole rings is 1. The molecule has 1 atom stereocenters. The molecule has 0 saturated heterocycles. The van der Waals surface area contributed by atoms with Gasteiger partial charge in [0, 0.05) is 24.4 Å². The molecule has 5 nitrogen and oxygen atoms in total. The van der Waals surface area contributed by atoms with Crippen LogP contribution in [0.1, 0.15) is 22.9 Å². The smallest absolute Gasteiger partial charge is 0.143 e. The van der Waals surface area contributed by atoms with E-state index < -0.39 is 0 Å². The molecule has 3 heterocycles. The summed E-state index contributed by atoms with van der Waals surface area (Å²) in [5.41, 5.74) is 4.85. The van der Waals surface area contributed by atoms with Gasteiger partial charge < -0.3 is 14.2 Å². The maximum atomic E-state index is 13.8. The molecule has 0 amide bonds. The van der Waals surface area contributed by atoms with E-state index in [1.807, 2.05) is 53.1 Å². The van der Waals surface area contributed by atoms with Gasteiger partial charge in [0.25, 0.3) is 0 Å². The second-order valence-corrected chi connectivity index (χ2v) is 8.37. The molecule has 0 bridgehead atoms. The van der Waals surface area contributed by atoms with Gasteiger partial charge in [0.05, 0.1) is 42.4 Å². The fraction of sp³-hybridized carbons (Fsp3) is 0.200. The first-order chi connectivity index (χ1) is 15.5. The van der Waals surface area contributed by atoms with Crippen molar-refractivity contribution < 1.29 is 9.13 Å². The van der Waals surface area contributed by atoms with Crippen molar-refractivity contribution in [3.8, 4) is 11.4 Å². The van der Waals surface area contributed by atoms with Crippen molar-refractivity contribution in [1.29, 1.82) is 0 Å². The SMILES string of the molecule is COc1cc(CC2=CC(Cl)=CN3C2=NCC3c2cccc(F)c2)ccc1-n1cnc(C)c1. The summed E-state index contributed by atoms with van der Waals surface area (Å²) in [5, 5.41) is 0.625. The van der Waals surface area contributed by atoms with Crippen LogP contribution in [-0.2, 0) is 6.42 Å². The molecule has 2 aromatic carbocycles. The number of aromatic nitrogens is 2. The Hall–Kier alpha value is -3.38. The van der Waals surface area contributed by atoms with E-state index in [1.54, 1.807) is 25.6 Å². The fourth-order valence-electron chi connectivity index (χ4n) is 4.24. The van der Waals surface area contributed by atoms with Crippen molar-refractivity contribution in [2.45, 2.75) is 19.4 Å². The predicted molar refractivity (Wildman–Crippen MR) is 124 cm³/mol. The maximum absolute atomic E-state index is 13.8. The Balaban J connectivity index is 1.42. The molecule has 7 heteroatoms. The fourth-order valence-corrected chi connectivity index (χ4v) is 4.47. The van der Waals surface area contributed by atoms with Crippen LogP contribution in [0.25, 0.3) is 5.69 Å². The zero-order valence-corrected chi connectivity index (χ0v) is 18.6. The van der Waals surface area contributed by atoms with Crippen molar-refractivity contribution in [3.05, 3.63) is 101 Å². The van der Waals surface area contributed by atoms with E-state index >= 15 is 0 Å². The molecule has 162 valence electrons. The van der Waals surface area contributed by atoms with Crippen molar-refractivity contribution in [2.75, 3.05) is 13.7 Å². The lowest BCUT2D eigenvalue weighted by Gasteiger charge is -2.29. The van der Waals surface area contributed by atoms with Gasteiger partial charge in [-0.25, -0.2) is 9.37 Å². The van der Waals surface area contributed by atoms with Crippen LogP contribution in [0.2, 0.25) is 0 Å². The lowest BCUT2D eigenvalue weighted by Crippen LogP contribution is -2.30. The molecular formula is C25H22ClFN4O. The molecule has 0 aliphatic carbocycles. The zero-order valence-electron chi connectivity index (χ0n) is 17.8.